The molecule has 4 aromatic rings. The first-order valence-electron chi connectivity index (χ1n) is 13.5. The van der Waals surface area contributed by atoms with Crippen LogP contribution in [-0.2, 0) is 0 Å². The molecule has 0 saturated heterocycles. The Morgan fingerprint density at radius 3 is 2.42 bits per heavy atom. The summed E-state index contributed by atoms with van der Waals surface area (Å²) in [6, 6.07) is 19.1. The van der Waals surface area contributed by atoms with Gasteiger partial charge in [0.15, 0.2) is 0 Å². The number of nitrogens with zero attached hydrogens (tertiary/aromatic N) is 3. The third-order valence-corrected chi connectivity index (χ3v) is 6.88. The van der Waals surface area contributed by atoms with Crippen LogP contribution in [0.3, 0.4) is 0 Å². The van der Waals surface area contributed by atoms with E-state index in [1.165, 1.54) is 4.90 Å². The number of nitriles is 1. The Morgan fingerprint density at radius 2 is 1.77 bits per heavy atom. The molecule has 0 aliphatic rings. The first-order chi connectivity index (χ1) is 19.2. The van der Waals surface area contributed by atoms with Gasteiger partial charge in [-0.1, -0.05) is 39.8 Å². The molecule has 4 rings (SSSR count). The van der Waals surface area contributed by atoms with Crippen LogP contribution in [0.1, 0.15) is 63.5 Å². The van der Waals surface area contributed by atoms with Crippen LogP contribution in [0, 0.1) is 11.3 Å². The van der Waals surface area contributed by atoms with Gasteiger partial charge in [0.25, 0.3) is 5.56 Å². The molecular formula is C32H35N5O3. The number of hydrogen-bond donors (Lipinski definition) is 2. The summed E-state index contributed by atoms with van der Waals surface area (Å²) in [4.78, 5) is 35.4. The fourth-order valence-corrected chi connectivity index (χ4v) is 4.76. The number of carbonyl (C=O) groups excluding carboxylic acids is 1. The fourth-order valence-electron chi connectivity index (χ4n) is 4.76. The summed E-state index contributed by atoms with van der Waals surface area (Å²) in [7, 11) is 1.65. The molecule has 0 fully saturated rings. The molecule has 8 nitrogen and oxygen atoms in total. The van der Waals surface area contributed by atoms with Crippen molar-refractivity contribution in [3.63, 3.8) is 0 Å². The average molecular weight is 538 g/mol. The predicted molar refractivity (Wildman–Crippen MR) is 160 cm³/mol. The van der Waals surface area contributed by atoms with Gasteiger partial charge in [0.05, 0.1) is 13.2 Å². The maximum Gasteiger partial charge on any atom is 0.326 e. The summed E-state index contributed by atoms with van der Waals surface area (Å²) in [5.74, 6) is 0.997. The third-order valence-electron chi connectivity index (χ3n) is 6.88. The summed E-state index contributed by atoms with van der Waals surface area (Å²) in [5, 5.41) is 13.0. The normalized spacial score (nSPS) is 11.1. The Morgan fingerprint density at radius 1 is 1.05 bits per heavy atom. The lowest BCUT2D eigenvalue weighted by Gasteiger charge is -2.26. The molecule has 2 amide bonds. The molecule has 0 saturated carbocycles. The monoisotopic (exact) mass is 537 g/mol. The van der Waals surface area contributed by atoms with Crippen LogP contribution < -0.4 is 20.5 Å². The van der Waals surface area contributed by atoms with E-state index in [0.29, 0.717) is 17.5 Å². The molecule has 2 aromatic carbocycles. The molecule has 0 bridgehead atoms. The van der Waals surface area contributed by atoms with E-state index >= 15 is 0 Å². The number of urea groups is 1. The van der Waals surface area contributed by atoms with Crippen LogP contribution in [-0.4, -0.2) is 29.7 Å². The van der Waals surface area contributed by atoms with E-state index in [2.05, 4.69) is 61.2 Å². The van der Waals surface area contributed by atoms with Gasteiger partial charge in [0, 0.05) is 30.2 Å². The molecule has 2 aromatic heterocycles. The van der Waals surface area contributed by atoms with Crippen molar-refractivity contribution in [3.8, 4) is 22.9 Å². The number of nitrogens with one attached hydrogen (secondary N) is 2. The van der Waals surface area contributed by atoms with E-state index in [1.807, 2.05) is 30.3 Å². The number of unbranched alkanes of at least 4 members (excludes halogenated alkanes) is 1. The smallest absolute Gasteiger partial charge is 0.326 e. The van der Waals surface area contributed by atoms with Gasteiger partial charge in [-0.3, -0.25) is 9.69 Å². The average Bonchev–Trinajstić information content (AvgIpc) is 2.95. The quantitative estimate of drug-likeness (QED) is 0.220. The van der Waals surface area contributed by atoms with Crippen molar-refractivity contribution in [2.75, 3.05) is 23.9 Å². The molecular weight excluding hydrogens is 502 g/mol. The topological polar surface area (TPSA) is 111 Å². The number of ether oxygens (including phenoxy) is 1. The molecule has 206 valence electrons. The van der Waals surface area contributed by atoms with Crippen LogP contribution in [0.4, 0.5) is 16.2 Å². The second kappa shape index (κ2) is 12.5. The zero-order chi connectivity index (χ0) is 28.8. The largest absolute Gasteiger partial charge is 0.497 e. The lowest BCUT2D eigenvalue weighted by atomic mass is 9.88. The number of aromatic nitrogens is 2. The van der Waals surface area contributed by atoms with E-state index in [1.54, 1.807) is 25.4 Å². The highest BCUT2D eigenvalue weighted by molar-refractivity contribution is 6.03. The number of methoxy groups -OCH3 is 1. The fraction of sp³-hybridized carbons (Fsp3) is 0.312. The van der Waals surface area contributed by atoms with E-state index < -0.39 is 11.6 Å². The van der Waals surface area contributed by atoms with Crippen LogP contribution in [0.25, 0.3) is 22.2 Å². The molecule has 0 aliphatic carbocycles. The van der Waals surface area contributed by atoms with Gasteiger partial charge >= 0.3 is 6.03 Å². The molecule has 0 unspecified atom stereocenters. The Kier molecular flexibility index (Phi) is 8.85. The highest BCUT2D eigenvalue weighted by atomic mass is 16.5. The molecule has 2 heterocycles. The number of H-pyrrole nitrogens is 1. The van der Waals surface area contributed by atoms with Crippen molar-refractivity contribution in [2.45, 2.75) is 52.4 Å². The Bertz CT molecular complexity index is 1590. The number of aromatic amines is 1. The minimum absolute atomic E-state index is 0.112. The number of hydrogen-bond acceptors (Lipinski definition) is 5. The number of pyridine rings is 2. The molecule has 2 N–H and O–H groups in total. The zero-order valence-corrected chi connectivity index (χ0v) is 23.6. The Balaban J connectivity index is 1.80. The molecule has 0 radical (unpaired) electrons. The SMILES string of the molecule is COc1cccc(-c2cc(C(C)C)c(NC(=O)N(CCCC#N)c3cc4cccnc4[nH]c3=O)c(C(C)C)c2)c1. The van der Waals surface area contributed by atoms with Crippen molar-refractivity contribution in [3.05, 3.63) is 82.3 Å². The molecule has 0 spiro atoms. The van der Waals surface area contributed by atoms with E-state index in [4.69, 9.17) is 10.00 Å². The lowest BCUT2D eigenvalue weighted by molar-refractivity contribution is 0.256. The first kappa shape index (κ1) is 28.4. The van der Waals surface area contributed by atoms with Crippen molar-refractivity contribution in [2.24, 2.45) is 0 Å². The van der Waals surface area contributed by atoms with Crippen molar-refractivity contribution >= 4 is 28.4 Å². The van der Waals surface area contributed by atoms with E-state index in [-0.39, 0.29) is 30.5 Å². The number of carbonyl (C=O) groups is 1. The van der Waals surface area contributed by atoms with Crippen LogP contribution >= 0.6 is 0 Å². The molecule has 0 atom stereocenters. The minimum Gasteiger partial charge on any atom is -0.497 e. The van der Waals surface area contributed by atoms with Gasteiger partial charge in [-0.15, -0.1) is 0 Å². The van der Waals surface area contributed by atoms with Crippen LogP contribution in [0.15, 0.2) is 65.6 Å². The van der Waals surface area contributed by atoms with E-state index in [0.717, 1.165) is 33.7 Å². The van der Waals surface area contributed by atoms with Crippen molar-refractivity contribution in [1.82, 2.24) is 9.97 Å². The second-order valence-corrected chi connectivity index (χ2v) is 10.3. The molecule has 40 heavy (non-hydrogen) atoms. The lowest BCUT2D eigenvalue weighted by Crippen LogP contribution is -2.39. The number of amides is 2. The number of anilines is 2. The summed E-state index contributed by atoms with van der Waals surface area (Å²) in [6.45, 7) is 8.59. The second-order valence-electron chi connectivity index (χ2n) is 10.3. The predicted octanol–water partition coefficient (Wildman–Crippen LogP) is 7.19. The first-order valence-corrected chi connectivity index (χ1v) is 13.5. The Labute approximate surface area is 234 Å². The standard InChI is InChI=1S/C32H35N5O3/c1-20(2)26-17-24(22-10-8-12-25(16-22)40-5)18-27(21(3)4)29(26)35-32(39)37(15-7-6-13-33)28-19-23-11-9-14-34-30(23)36-31(28)38/h8-12,14,16-21H,6-7,15H2,1-5H3,(H,35,39)(H,34,36,38). The van der Waals surface area contributed by atoms with Gasteiger partial charge in [0.2, 0.25) is 0 Å². The molecule has 0 aliphatic heterocycles. The van der Waals surface area contributed by atoms with Gasteiger partial charge < -0.3 is 15.0 Å². The van der Waals surface area contributed by atoms with Gasteiger partial charge in [-0.05, 0) is 83.0 Å². The van der Waals surface area contributed by atoms with E-state index in [9.17, 15) is 9.59 Å². The van der Waals surface area contributed by atoms with Gasteiger partial charge in [-0.2, -0.15) is 5.26 Å². The highest BCUT2D eigenvalue weighted by Crippen LogP contribution is 2.38. The Hall–Kier alpha value is -4.64. The van der Waals surface area contributed by atoms with Gasteiger partial charge in [0.1, 0.15) is 17.1 Å². The number of rotatable bonds is 9. The summed E-state index contributed by atoms with van der Waals surface area (Å²) >= 11 is 0. The number of benzene rings is 2. The molecule has 8 heteroatoms. The zero-order valence-electron chi connectivity index (χ0n) is 23.6. The van der Waals surface area contributed by atoms with Gasteiger partial charge in [-0.25, -0.2) is 9.78 Å². The summed E-state index contributed by atoms with van der Waals surface area (Å²) < 4.78 is 5.44. The van der Waals surface area contributed by atoms with Crippen LogP contribution in [0.2, 0.25) is 0 Å². The highest BCUT2D eigenvalue weighted by Gasteiger charge is 2.24. The minimum atomic E-state index is -0.426. The summed E-state index contributed by atoms with van der Waals surface area (Å²) in [6.07, 6.45) is 2.29. The maximum absolute atomic E-state index is 13.9. The maximum atomic E-state index is 13.9. The van der Waals surface area contributed by atoms with Crippen LogP contribution in [0.5, 0.6) is 5.75 Å². The van der Waals surface area contributed by atoms with Crippen molar-refractivity contribution in [1.29, 1.82) is 5.26 Å². The number of fused-ring (bicyclic) bond motifs is 1. The third kappa shape index (κ3) is 6.15. The van der Waals surface area contributed by atoms with Crippen molar-refractivity contribution < 1.29 is 9.53 Å². The summed E-state index contributed by atoms with van der Waals surface area (Å²) in [5.41, 5.74) is 5.03.